The largest absolute Gasteiger partial charge is 0.507 e. The third kappa shape index (κ3) is 4.24. The van der Waals surface area contributed by atoms with Crippen LogP contribution in [0.2, 0.25) is 5.02 Å². The summed E-state index contributed by atoms with van der Waals surface area (Å²) in [6, 6.07) is 10.5. The lowest BCUT2D eigenvalue weighted by Crippen LogP contribution is -1.97. The van der Waals surface area contributed by atoms with E-state index in [0.717, 1.165) is 27.5 Å². The fraction of sp³-hybridized carbons (Fsp3) is 0.222. The van der Waals surface area contributed by atoms with Crippen molar-refractivity contribution in [3.8, 4) is 34.3 Å². The summed E-state index contributed by atoms with van der Waals surface area (Å²) in [5, 5.41) is 14.1. The van der Waals surface area contributed by atoms with Gasteiger partial charge in [-0.25, -0.2) is 0 Å². The normalized spacial score (nSPS) is 10.8. The highest BCUT2D eigenvalue weighted by Crippen LogP contribution is 2.31. The van der Waals surface area contributed by atoms with Gasteiger partial charge in [-0.3, -0.25) is 0 Å². The van der Waals surface area contributed by atoms with E-state index in [1.807, 2.05) is 28.7 Å². The highest BCUT2D eigenvalue weighted by molar-refractivity contribution is 14.1. The number of phenols is 1. The number of hydrogen-bond donors (Lipinski definition) is 1. The molecule has 0 bridgehead atoms. The van der Waals surface area contributed by atoms with Gasteiger partial charge >= 0.3 is 0 Å². The number of rotatable bonds is 6. The van der Waals surface area contributed by atoms with Gasteiger partial charge in [0.2, 0.25) is 5.82 Å². The third-order valence-electron chi connectivity index (χ3n) is 3.57. The van der Waals surface area contributed by atoms with Crippen molar-refractivity contribution in [3.05, 3.63) is 45.0 Å². The van der Waals surface area contributed by atoms with Crippen LogP contribution in [0.1, 0.15) is 19.8 Å². The van der Waals surface area contributed by atoms with Crippen LogP contribution in [0.3, 0.4) is 0 Å². The van der Waals surface area contributed by atoms with Crippen molar-refractivity contribution in [2.24, 2.45) is 0 Å². The van der Waals surface area contributed by atoms with Crippen LogP contribution in [0.15, 0.2) is 40.9 Å². The van der Waals surface area contributed by atoms with Gasteiger partial charge in [0.15, 0.2) is 0 Å². The number of hydrogen-bond acceptors (Lipinski definition) is 5. The fourth-order valence-corrected chi connectivity index (χ4v) is 2.93. The minimum Gasteiger partial charge on any atom is -0.507 e. The predicted molar refractivity (Wildman–Crippen MR) is 105 cm³/mol. The highest BCUT2D eigenvalue weighted by atomic mass is 127. The molecule has 0 aliphatic heterocycles. The van der Waals surface area contributed by atoms with E-state index in [4.69, 9.17) is 20.9 Å². The molecule has 5 nitrogen and oxygen atoms in total. The Morgan fingerprint density at radius 2 is 2.00 bits per heavy atom. The summed E-state index contributed by atoms with van der Waals surface area (Å²) in [4.78, 5) is 4.41. The second kappa shape index (κ2) is 8.05. The number of halogens is 2. The second-order valence-electron chi connectivity index (χ2n) is 5.44. The zero-order valence-electron chi connectivity index (χ0n) is 13.5. The van der Waals surface area contributed by atoms with Gasteiger partial charge in [0.1, 0.15) is 11.5 Å². The van der Waals surface area contributed by atoms with Gasteiger partial charge in [-0.15, -0.1) is 0 Å². The van der Waals surface area contributed by atoms with Crippen LogP contribution >= 0.6 is 34.2 Å². The molecule has 130 valence electrons. The molecular weight excluding hydrogens is 455 g/mol. The summed E-state index contributed by atoms with van der Waals surface area (Å²) in [5.41, 5.74) is 1.49. The van der Waals surface area contributed by atoms with E-state index in [-0.39, 0.29) is 5.75 Å². The summed E-state index contributed by atoms with van der Waals surface area (Å²) < 4.78 is 11.7. The van der Waals surface area contributed by atoms with E-state index in [9.17, 15) is 5.11 Å². The summed E-state index contributed by atoms with van der Waals surface area (Å²) in [6.07, 6.45) is 2.05. The van der Waals surface area contributed by atoms with Crippen molar-refractivity contribution in [1.29, 1.82) is 0 Å². The minimum absolute atomic E-state index is 0.221. The number of unbranched alkanes of at least 4 members (excludes halogenated alkanes) is 1. The lowest BCUT2D eigenvalue weighted by atomic mass is 10.2. The van der Waals surface area contributed by atoms with Crippen LogP contribution in [0.4, 0.5) is 0 Å². The molecule has 0 aliphatic rings. The zero-order chi connectivity index (χ0) is 17.8. The summed E-state index contributed by atoms with van der Waals surface area (Å²) in [6.45, 7) is 2.75. The predicted octanol–water partition coefficient (Wildman–Crippen LogP) is 5.55. The maximum atomic E-state index is 9.61. The molecule has 0 aliphatic carbocycles. The molecule has 0 saturated carbocycles. The Hall–Kier alpha value is -1.80. The van der Waals surface area contributed by atoms with Crippen molar-refractivity contribution in [1.82, 2.24) is 10.1 Å². The van der Waals surface area contributed by atoms with Crippen LogP contribution in [0, 0.1) is 3.57 Å². The van der Waals surface area contributed by atoms with Gasteiger partial charge in [0.05, 0.1) is 15.2 Å². The Morgan fingerprint density at radius 3 is 2.72 bits per heavy atom. The van der Waals surface area contributed by atoms with E-state index >= 15 is 0 Å². The number of ether oxygens (including phenoxy) is 1. The molecule has 3 aromatic rings. The molecule has 3 rings (SSSR count). The quantitative estimate of drug-likeness (QED) is 0.378. The molecule has 0 atom stereocenters. The topological polar surface area (TPSA) is 68.4 Å². The first-order chi connectivity index (χ1) is 12.1. The molecular formula is C18H16ClIN2O3. The Balaban J connectivity index is 1.82. The Morgan fingerprint density at radius 1 is 1.20 bits per heavy atom. The molecule has 0 fully saturated rings. The monoisotopic (exact) mass is 470 g/mol. The smallest absolute Gasteiger partial charge is 0.258 e. The van der Waals surface area contributed by atoms with E-state index in [1.54, 1.807) is 30.3 Å². The van der Waals surface area contributed by atoms with Crippen molar-refractivity contribution in [2.45, 2.75) is 19.8 Å². The molecule has 1 aromatic heterocycles. The maximum Gasteiger partial charge on any atom is 0.258 e. The standard InChI is InChI=1S/C18H16ClIN2O3/c1-2-3-8-24-16-7-5-12(9-13(16)19)18-21-17(22-25-18)11-4-6-15(23)14(20)10-11/h4-7,9-10,23H,2-3,8H2,1H3. The maximum absolute atomic E-state index is 9.61. The van der Waals surface area contributed by atoms with E-state index in [1.165, 1.54) is 0 Å². The summed E-state index contributed by atoms with van der Waals surface area (Å²) in [5.74, 6) is 1.69. The average molecular weight is 471 g/mol. The molecule has 2 aromatic carbocycles. The van der Waals surface area contributed by atoms with Crippen LogP contribution < -0.4 is 4.74 Å². The number of aromatic nitrogens is 2. The Labute approximate surface area is 164 Å². The van der Waals surface area contributed by atoms with Crippen molar-refractivity contribution < 1.29 is 14.4 Å². The Bertz CT molecular complexity index is 883. The lowest BCUT2D eigenvalue weighted by Gasteiger charge is -2.07. The molecule has 0 amide bonds. The second-order valence-corrected chi connectivity index (χ2v) is 7.01. The van der Waals surface area contributed by atoms with Crippen LogP contribution in [0.25, 0.3) is 22.8 Å². The first-order valence-corrected chi connectivity index (χ1v) is 9.29. The van der Waals surface area contributed by atoms with E-state index in [0.29, 0.717) is 29.1 Å². The molecule has 25 heavy (non-hydrogen) atoms. The minimum atomic E-state index is 0.221. The van der Waals surface area contributed by atoms with Gasteiger partial charge in [0.25, 0.3) is 5.89 Å². The molecule has 7 heteroatoms. The van der Waals surface area contributed by atoms with Crippen molar-refractivity contribution in [3.63, 3.8) is 0 Å². The summed E-state index contributed by atoms with van der Waals surface area (Å²) in [7, 11) is 0. The SMILES string of the molecule is CCCCOc1ccc(-c2nc(-c3ccc(O)c(I)c3)no2)cc1Cl. The number of phenolic OH excluding ortho intramolecular Hbond substituents is 1. The average Bonchev–Trinajstić information content (AvgIpc) is 3.09. The molecule has 0 radical (unpaired) electrons. The summed E-state index contributed by atoms with van der Waals surface area (Å²) >= 11 is 8.33. The van der Waals surface area contributed by atoms with Crippen molar-refractivity contribution in [2.75, 3.05) is 6.61 Å². The van der Waals surface area contributed by atoms with E-state index in [2.05, 4.69) is 17.1 Å². The molecule has 0 saturated heterocycles. The fourth-order valence-electron chi connectivity index (χ4n) is 2.18. The Kier molecular flexibility index (Phi) is 5.80. The molecule has 1 heterocycles. The van der Waals surface area contributed by atoms with Crippen molar-refractivity contribution >= 4 is 34.2 Å². The van der Waals surface area contributed by atoms with Crippen LogP contribution in [-0.4, -0.2) is 21.9 Å². The highest BCUT2D eigenvalue weighted by Gasteiger charge is 2.13. The zero-order valence-corrected chi connectivity index (χ0v) is 16.4. The first-order valence-electron chi connectivity index (χ1n) is 7.84. The lowest BCUT2D eigenvalue weighted by molar-refractivity contribution is 0.309. The number of aromatic hydroxyl groups is 1. The van der Waals surface area contributed by atoms with Gasteiger partial charge in [-0.1, -0.05) is 30.1 Å². The molecule has 0 unspecified atom stereocenters. The van der Waals surface area contributed by atoms with Gasteiger partial charge in [-0.2, -0.15) is 4.98 Å². The number of nitrogens with zero attached hydrogens (tertiary/aromatic N) is 2. The van der Waals surface area contributed by atoms with Gasteiger partial charge < -0.3 is 14.4 Å². The first kappa shape index (κ1) is 18.0. The van der Waals surface area contributed by atoms with Crippen LogP contribution in [0.5, 0.6) is 11.5 Å². The van der Waals surface area contributed by atoms with Crippen LogP contribution in [-0.2, 0) is 0 Å². The third-order valence-corrected chi connectivity index (χ3v) is 4.73. The van der Waals surface area contributed by atoms with E-state index < -0.39 is 0 Å². The molecule has 1 N–H and O–H groups in total. The number of benzene rings is 2. The van der Waals surface area contributed by atoms with Gasteiger partial charge in [0, 0.05) is 11.1 Å². The molecule has 0 spiro atoms. The van der Waals surface area contributed by atoms with Gasteiger partial charge in [-0.05, 0) is 65.4 Å².